The second-order valence-corrected chi connectivity index (χ2v) is 7.16. The van der Waals surface area contributed by atoms with Crippen LogP contribution in [0.5, 0.6) is 0 Å². The van der Waals surface area contributed by atoms with Crippen LogP contribution in [0.25, 0.3) is 0 Å². The summed E-state index contributed by atoms with van der Waals surface area (Å²) in [5.41, 5.74) is 0.563. The Morgan fingerprint density at radius 2 is 2.24 bits per heavy atom. The van der Waals surface area contributed by atoms with Gasteiger partial charge in [-0.15, -0.1) is 11.3 Å². The van der Waals surface area contributed by atoms with Crippen molar-refractivity contribution in [1.29, 1.82) is 0 Å². The molecule has 2 N–H and O–H groups in total. The first-order chi connectivity index (χ1) is 11.8. The molecule has 2 heterocycles. The van der Waals surface area contributed by atoms with Crippen LogP contribution in [-0.2, 0) is 17.4 Å². The zero-order valence-electron chi connectivity index (χ0n) is 13.6. The molecule has 4 nitrogen and oxygen atoms in total. The van der Waals surface area contributed by atoms with E-state index >= 15 is 0 Å². The number of hydrogen-bond donors (Lipinski definition) is 2. The zero-order valence-corrected chi connectivity index (χ0v) is 14.4. The van der Waals surface area contributed by atoms with Crippen molar-refractivity contribution in [2.45, 2.75) is 25.9 Å². The van der Waals surface area contributed by atoms with Crippen LogP contribution in [0, 0.1) is 12.8 Å². The quantitative estimate of drug-likeness (QED) is 0.866. The lowest BCUT2D eigenvalue weighted by molar-refractivity contribution is -0.137. The van der Waals surface area contributed by atoms with Crippen molar-refractivity contribution < 1.29 is 18.0 Å². The van der Waals surface area contributed by atoms with E-state index in [1.807, 2.05) is 0 Å². The number of benzene rings is 1. The fraction of sp³-hybridized carbons (Fsp3) is 0.412. The lowest BCUT2D eigenvalue weighted by Gasteiger charge is -2.08. The fourth-order valence-electron chi connectivity index (χ4n) is 2.77. The number of carbonyl (C=O) groups excluding carboxylic acids is 1. The van der Waals surface area contributed by atoms with E-state index < -0.39 is 11.7 Å². The summed E-state index contributed by atoms with van der Waals surface area (Å²) < 4.78 is 38.4. The van der Waals surface area contributed by atoms with Crippen molar-refractivity contribution in [2.24, 2.45) is 5.92 Å². The summed E-state index contributed by atoms with van der Waals surface area (Å²) in [6.45, 7) is 3.29. The molecule has 1 aromatic heterocycles. The van der Waals surface area contributed by atoms with E-state index in [4.69, 9.17) is 0 Å². The molecule has 2 aromatic rings. The van der Waals surface area contributed by atoms with Crippen molar-refractivity contribution in [2.75, 3.05) is 18.4 Å². The molecule has 134 valence electrons. The van der Waals surface area contributed by atoms with E-state index in [0.717, 1.165) is 25.1 Å². The summed E-state index contributed by atoms with van der Waals surface area (Å²) in [4.78, 5) is 16.6. The fourth-order valence-corrected chi connectivity index (χ4v) is 3.77. The van der Waals surface area contributed by atoms with Gasteiger partial charge in [0.05, 0.1) is 22.2 Å². The smallest absolute Gasteiger partial charge is 0.316 e. The van der Waals surface area contributed by atoms with Crippen molar-refractivity contribution in [3.63, 3.8) is 0 Å². The number of aromatic nitrogens is 1. The van der Waals surface area contributed by atoms with Gasteiger partial charge in [0.25, 0.3) is 0 Å². The molecule has 1 atom stereocenters. The number of hydrogen-bond acceptors (Lipinski definition) is 4. The second kappa shape index (κ2) is 7.13. The predicted molar refractivity (Wildman–Crippen MR) is 90.7 cm³/mol. The highest BCUT2D eigenvalue weighted by molar-refractivity contribution is 7.16. The first kappa shape index (κ1) is 17.9. The minimum absolute atomic E-state index is 0.0395. The predicted octanol–water partition coefficient (Wildman–Crippen LogP) is 3.61. The molecule has 0 aliphatic carbocycles. The third-order valence-electron chi connectivity index (χ3n) is 4.12. The summed E-state index contributed by atoms with van der Waals surface area (Å²) in [5.74, 6) is -0.0872. The molecule has 1 aromatic carbocycles. The van der Waals surface area contributed by atoms with Gasteiger partial charge in [0.2, 0.25) is 5.91 Å². The Morgan fingerprint density at radius 3 is 2.92 bits per heavy atom. The highest BCUT2D eigenvalue weighted by Gasteiger charge is 2.30. The molecule has 1 amide bonds. The molecular weight excluding hydrogens is 351 g/mol. The van der Waals surface area contributed by atoms with Gasteiger partial charge in [-0.1, -0.05) is 18.2 Å². The van der Waals surface area contributed by atoms with Gasteiger partial charge in [-0.05, 0) is 31.5 Å². The molecule has 0 saturated carbocycles. The molecule has 1 unspecified atom stereocenters. The van der Waals surface area contributed by atoms with E-state index in [1.165, 1.54) is 17.4 Å². The van der Waals surface area contributed by atoms with Crippen LogP contribution in [0.4, 0.5) is 18.2 Å². The Kier molecular flexibility index (Phi) is 5.10. The molecule has 3 rings (SSSR count). The van der Waals surface area contributed by atoms with Gasteiger partial charge in [0.1, 0.15) is 5.00 Å². The minimum atomic E-state index is -4.36. The number of halogens is 3. The first-order valence-corrected chi connectivity index (χ1v) is 8.78. The largest absolute Gasteiger partial charge is 0.416 e. The van der Waals surface area contributed by atoms with E-state index in [-0.39, 0.29) is 11.8 Å². The number of nitrogens with one attached hydrogen (secondary N) is 2. The Morgan fingerprint density at radius 1 is 1.44 bits per heavy atom. The normalized spacial score (nSPS) is 17.7. The lowest BCUT2D eigenvalue weighted by atomic mass is 10.1. The van der Waals surface area contributed by atoms with Gasteiger partial charge in [-0.25, -0.2) is 4.98 Å². The van der Waals surface area contributed by atoms with E-state index in [2.05, 4.69) is 15.6 Å². The molecule has 25 heavy (non-hydrogen) atoms. The number of nitrogens with zero attached hydrogens (tertiary/aromatic N) is 1. The topological polar surface area (TPSA) is 54.0 Å². The van der Waals surface area contributed by atoms with Gasteiger partial charge >= 0.3 is 6.18 Å². The zero-order chi connectivity index (χ0) is 18.0. The van der Waals surface area contributed by atoms with Crippen LogP contribution in [0.2, 0.25) is 0 Å². The van der Waals surface area contributed by atoms with Crippen molar-refractivity contribution >= 4 is 22.2 Å². The molecule has 1 saturated heterocycles. The number of thiazole rings is 1. The highest BCUT2D eigenvalue weighted by Crippen LogP contribution is 2.31. The standard InChI is InChI=1S/C17H18F3N3OS/c1-10-16(23-15(24)12-5-6-21-9-12)25-14(22-10)8-11-3-2-4-13(7-11)17(18,19)20/h2-4,7,12,21H,5-6,8-9H2,1H3,(H,23,24). The van der Waals surface area contributed by atoms with Gasteiger partial charge in [-0.3, -0.25) is 4.79 Å². The molecule has 1 aliphatic rings. The summed E-state index contributed by atoms with van der Waals surface area (Å²) >= 11 is 1.31. The maximum Gasteiger partial charge on any atom is 0.416 e. The molecule has 0 bridgehead atoms. The molecule has 1 aliphatic heterocycles. The molecule has 0 spiro atoms. The van der Waals surface area contributed by atoms with Crippen LogP contribution >= 0.6 is 11.3 Å². The summed E-state index contributed by atoms with van der Waals surface area (Å²) in [7, 11) is 0. The summed E-state index contributed by atoms with van der Waals surface area (Å²) in [6.07, 6.45) is -3.25. The van der Waals surface area contributed by atoms with Crippen molar-refractivity contribution in [3.8, 4) is 0 Å². The number of alkyl halides is 3. The summed E-state index contributed by atoms with van der Waals surface area (Å²) in [6, 6.07) is 5.24. The number of aryl methyl sites for hydroxylation is 1. The highest BCUT2D eigenvalue weighted by atomic mass is 32.1. The molecule has 8 heteroatoms. The summed E-state index contributed by atoms with van der Waals surface area (Å²) in [5, 5.41) is 7.38. The van der Waals surface area contributed by atoms with E-state index in [9.17, 15) is 18.0 Å². The van der Waals surface area contributed by atoms with Crippen LogP contribution in [-0.4, -0.2) is 24.0 Å². The van der Waals surface area contributed by atoms with Crippen molar-refractivity contribution in [1.82, 2.24) is 10.3 Å². The van der Waals surface area contributed by atoms with Crippen molar-refractivity contribution in [3.05, 3.63) is 46.1 Å². The van der Waals surface area contributed by atoms with E-state index in [1.54, 1.807) is 13.0 Å². The van der Waals surface area contributed by atoms with Gasteiger partial charge in [0.15, 0.2) is 0 Å². The Balaban J connectivity index is 1.71. The van der Waals surface area contributed by atoms with Crippen LogP contribution in [0.15, 0.2) is 24.3 Å². The third-order valence-corrected chi connectivity index (χ3v) is 5.19. The maximum atomic E-state index is 12.8. The average Bonchev–Trinajstić information content (AvgIpc) is 3.17. The molecule has 0 radical (unpaired) electrons. The number of carbonyl (C=O) groups is 1. The Labute approximate surface area is 147 Å². The average molecular weight is 369 g/mol. The number of amides is 1. The molecular formula is C17H18F3N3OS. The van der Waals surface area contributed by atoms with Gasteiger partial charge in [0, 0.05) is 13.0 Å². The number of rotatable bonds is 4. The second-order valence-electron chi connectivity index (χ2n) is 6.08. The van der Waals surface area contributed by atoms with Gasteiger partial charge in [-0.2, -0.15) is 13.2 Å². The molecule has 1 fully saturated rings. The third kappa shape index (κ3) is 4.38. The first-order valence-electron chi connectivity index (χ1n) is 7.97. The van der Waals surface area contributed by atoms with Gasteiger partial charge < -0.3 is 10.6 Å². The number of anilines is 1. The monoisotopic (exact) mass is 369 g/mol. The van der Waals surface area contributed by atoms with Crippen LogP contribution in [0.3, 0.4) is 0 Å². The lowest BCUT2D eigenvalue weighted by Crippen LogP contribution is -2.24. The SMILES string of the molecule is Cc1nc(Cc2cccc(C(F)(F)F)c2)sc1NC(=O)C1CCNC1. The van der Waals surface area contributed by atoms with E-state index in [0.29, 0.717) is 34.2 Å². The Hall–Kier alpha value is -1.93. The van der Waals surface area contributed by atoms with Crippen LogP contribution in [0.1, 0.15) is 28.2 Å². The minimum Gasteiger partial charge on any atom is -0.316 e. The van der Waals surface area contributed by atoms with Crippen LogP contribution < -0.4 is 10.6 Å². The maximum absolute atomic E-state index is 12.8. The Bertz CT molecular complexity index is 767.